The van der Waals surface area contributed by atoms with E-state index in [-0.39, 0.29) is 35.2 Å². The molecule has 0 bridgehead atoms. The molecule has 0 aliphatic carbocycles. The van der Waals surface area contributed by atoms with E-state index in [9.17, 15) is 19.5 Å². The zero-order valence-corrected chi connectivity index (χ0v) is 19.3. The highest BCUT2D eigenvalue weighted by Gasteiger charge is 2.14. The summed E-state index contributed by atoms with van der Waals surface area (Å²) in [6, 6.07) is 9.46. The standard InChI is InChI=1S/C25H28N2O7/c1-27(13-12-26)25(31)34-22-11-7-18(15-24(22)33-3)5-9-20(29)16-19(28)8-4-17-6-10-21(30)23(14-17)32-2/h4-11,14-15,30H,12-13,16,26H2,1-3H3/b8-4+,9-5+. The first kappa shape index (κ1) is 26.1. The monoisotopic (exact) mass is 468 g/mol. The molecule has 0 saturated carbocycles. The first-order valence-electron chi connectivity index (χ1n) is 10.4. The minimum absolute atomic E-state index is 0.00644. The first-order valence-corrected chi connectivity index (χ1v) is 10.4. The molecular weight excluding hydrogens is 440 g/mol. The SMILES string of the molecule is COc1cc(/C=C/C(=O)CC(=O)/C=C/c2ccc(OC(=O)N(C)CCN)c(OC)c2)ccc1O. The summed E-state index contributed by atoms with van der Waals surface area (Å²) in [7, 11) is 4.43. The van der Waals surface area contributed by atoms with Crippen LogP contribution in [-0.4, -0.2) is 62.0 Å². The minimum atomic E-state index is -0.570. The second kappa shape index (κ2) is 12.8. The molecule has 0 aromatic heterocycles. The number of aromatic hydroxyl groups is 1. The predicted molar refractivity (Wildman–Crippen MR) is 128 cm³/mol. The Labute approximate surface area is 198 Å². The maximum Gasteiger partial charge on any atom is 0.415 e. The van der Waals surface area contributed by atoms with E-state index in [0.29, 0.717) is 30.0 Å². The highest BCUT2D eigenvalue weighted by Crippen LogP contribution is 2.29. The third-order valence-corrected chi connectivity index (χ3v) is 4.64. The molecule has 0 fully saturated rings. The topological polar surface area (TPSA) is 128 Å². The Kier molecular flexibility index (Phi) is 9.85. The lowest BCUT2D eigenvalue weighted by atomic mass is 10.1. The zero-order valence-electron chi connectivity index (χ0n) is 19.3. The number of hydrogen-bond donors (Lipinski definition) is 2. The summed E-state index contributed by atoms with van der Waals surface area (Å²) in [4.78, 5) is 37.7. The Morgan fingerprint density at radius 1 is 0.912 bits per heavy atom. The van der Waals surface area contributed by atoms with Gasteiger partial charge in [0, 0.05) is 20.1 Å². The number of likely N-dealkylation sites (N-methyl/N-ethyl adjacent to an activating group) is 1. The summed E-state index contributed by atoms with van der Waals surface area (Å²) in [5, 5.41) is 9.61. The third-order valence-electron chi connectivity index (χ3n) is 4.64. The molecule has 9 heteroatoms. The van der Waals surface area contributed by atoms with Crippen LogP contribution in [0.3, 0.4) is 0 Å². The fourth-order valence-electron chi connectivity index (χ4n) is 2.79. The molecule has 2 aromatic rings. The Morgan fingerprint density at radius 3 is 2.03 bits per heavy atom. The van der Waals surface area contributed by atoms with Crippen LogP contribution >= 0.6 is 0 Å². The van der Waals surface area contributed by atoms with Gasteiger partial charge in [-0.25, -0.2) is 4.79 Å². The third kappa shape index (κ3) is 7.79. The average molecular weight is 469 g/mol. The number of nitrogens with zero attached hydrogens (tertiary/aromatic N) is 1. The van der Waals surface area contributed by atoms with Crippen molar-refractivity contribution in [2.75, 3.05) is 34.4 Å². The van der Waals surface area contributed by atoms with Gasteiger partial charge in [0.15, 0.2) is 34.6 Å². The number of ether oxygens (including phenoxy) is 3. The normalized spacial score (nSPS) is 10.9. The second-order valence-electron chi connectivity index (χ2n) is 7.20. The van der Waals surface area contributed by atoms with Crippen molar-refractivity contribution in [3.8, 4) is 23.0 Å². The average Bonchev–Trinajstić information content (AvgIpc) is 2.82. The number of phenols is 1. The predicted octanol–water partition coefficient (Wildman–Crippen LogP) is 3.05. The van der Waals surface area contributed by atoms with Crippen LogP contribution in [0.1, 0.15) is 17.5 Å². The van der Waals surface area contributed by atoms with E-state index in [4.69, 9.17) is 19.9 Å². The molecule has 0 heterocycles. The molecule has 0 radical (unpaired) electrons. The van der Waals surface area contributed by atoms with E-state index in [1.165, 1.54) is 43.4 Å². The van der Waals surface area contributed by atoms with Crippen molar-refractivity contribution in [2.24, 2.45) is 5.73 Å². The number of ketones is 2. The van der Waals surface area contributed by atoms with Gasteiger partial charge < -0.3 is 30.0 Å². The number of benzene rings is 2. The number of carbonyl (C=O) groups is 3. The summed E-state index contributed by atoms with van der Waals surface area (Å²) < 4.78 is 15.6. The van der Waals surface area contributed by atoms with Crippen LogP contribution in [-0.2, 0) is 9.59 Å². The van der Waals surface area contributed by atoms with Crippen LogP contribution in [0.2, 0.25) is 0 Å². The fourth-order valence-corrected chi connectivity index (χ4v) is 2.79. The largest absolute Gasteiger partial charge is 0.504 e. The maximum atomic E-state index is 12.2. The molecule has 2 rings (SSSR count). The minimum Gasteiger partial charge on any atom is -0.504 e. The number of methoxy groups -OCH3 is 2. The molecule has 0 spiro atoms. The summed E-state index contributed by atoms with van der Waals surface area (Å²) in [6.07, 6.45) is 4.80. The second-order valence-corrected chi connectivity index (χ2v) is 7.20. The smallest absolute Gasteiger partial charge is 0.415 e. The molecule has 0 aliphatic heterocycles. The van der Waals surface area contributed by atoms with Crippen LogP contribution < -0.4 is 19.9 Å². The molecule has 0 aliphatic rings. The summed E-state index contributed by atoms with van der Waals surface area (Å²) in [6.45, 7) is 0.658. The number of phenolic OH excluding ortho intramolecular Hbond substituents is 1. The van der Waals surface area contributed by atoms with Gasteiger partial charge in [-0.15, -0.1) is 0 Å². The number of allylic oxidation sites excluding steroid dienone is 2. The lowest BCUT2D eigenvalue weighted by molar-refractivity contribution is -0.121. The molecule has 9 nitrogen and oxygen atoms in total. The van der Waals surface area contributed by atoms with E-state index in [0.717, 1.165) is 0 Å². The van der Waals surface area contributed by atoms with Crippen molar-refractivity contribution in [3.63, 3.8) is 0 Å². The molecule has 2 aromatic carbocycles. The van der Waals surface area contributed by atoms with Gasteiger partial charge in [-0.3, -0.25) is 9.59 Å². The summed E-state index contributed by atoms with van der Waals surface area (Å²) in [5.74, 6) is 0.0675. The molecular formula is C25H28N2O7. The highest BCUT2D eigenvalue weighted by atomic mass is 16.6. The van der Waals surface area contributed by atoms with E-state index in [2.05, 4.69) is 0 Å². The molecule has 3 N–H and O–H groups in total. The molecule has 0 unspecified atom stereocenters. The van der Waals surface area contributed by atoms with E-state index < -0.39 is 6.09 Å². The zero-order chi connectivity index (χ0) is 25.1. The highest BCUT2D eigenvalue weighted by molar-refractivity contribution is 6.10. The fraction of sp³-hybridized carbons (Fsp3) is 0.240. The lowest BCUT2D eigenvalue weighted by Gasteiger charge is -2.17. The van der Waals surface area contributed by atoms with Gasteiger partial charge in [0.05, 0.1) is 20.6 Å². The summed E-state index contributed by atoms with van der Waals surface area (Å²) in [5.41, 5.74) is 6.71. The summed E-state index contributed by atoms with van der Waals surface area (Å²) >= 11 is 0. The van der Waals surface area contributed by atoms with Crippen molar-refractivity contribution >= 4 is 29.8 Å². The molecule has 0 saturated heterocycles. The van der Waals surface area contributed by atoms with Crippen LogP contribution in [0.4, 0.5) is 4.79 Å². The Bertz CT molecular complexity index is 1090. The van der Waals surface area contributed by atoms with Crippen LogP contribution in [0.5, 0.6) is 23.0 Å². The quantitative estimate of drug-likeness (QED) is 0.380. The van der Waals surface area contributed by atoms with E-state index in [1.807, 2.05) is 0 Å². The lowest BCUT2D eigenvalue weighted by Crippen LogP contribution is -2.33. The number of nitrogens with two attached hydrogens (primary N) is 1. The van der Waals surface area contributed by atoms with Crippen molar-refractivity contribution in [1.29, 1.82) is 0 Å². The van der Waals surface area contributed by atoms with Gasteiger partial charge in [-0.1, -0.05) is 24.3 Å². The van der Waals surface area contributed by atoms with Gasteiger partial charge in [-0.05, 0) is 47.5 Å². The molecule has 34 heavy (non-hydrogen) atoms. The van der Waals surface area contributed by atoms with Crippen LogP contribution in [0, 0.1) is 0 Å². The van der Waals surface area contributed by atoms with E-state index >= 15 is 0 Å². The molecule has 1 amide bonds. The first-order chi connectivity index (χ1) is 16.3. The van der Waals surface area contributed by atoms with Crippen LogP contribution in [0.15, 0.2) is 48.6 Å². The Morgan fingerprint density at radius 2 is 1.47 bits per heavy atom. The molecule has 180 valence electrons. The number of rotatable bonds is 11. The van der Waals surface area contributed by atoms with E-state index in [1.54, 1.807) is 43.5 Å². The van der Waals surface area contributed by atoms with Crippen molar-refractivity contribution in [1.82, 2.24) is 4.90 Å². The van der Waals surface area contributed by atoms with Gasteiger partial charge in [0.25, 0.3) is 0 Å². The Balaban J connectivity index is 1.98. The van der Waals surface area contributed by atoms with Gasteiger partial charge in [0.2, 0.25) is 0 Å². The molecule has 0 atom stereocenters. The van der Waals surface area contributed by atoms with Crippen molar-refractivity contribution in [2.45, 2.75) is 6.42 Å². The Hall–Kier alpha value is -4.11. The van der Waals surface area contributed by atoms with Crippen molar-refractivity contribution < 1.29 is 33.7 Å². The number of hydrogen-bond acceptors (Lipinski definition) is 8. The van der Waals surface area contributed by atoms with Gasteiger partial charge >= 0.3 is 6.09 Å². The number of carbonyl (C=O) groups excluding carboxylic acids is 3. The van der Waals surface area contributed by atoms with Crippen molar-refractivity contribution in [3.05, 3.63) is 59.7 Å². The van der Waals surface area contributed by atoms with Gasteiger partial charge in [0.1, 0.15) is 0 Å². The number of amides is 1. The van der Waals surface area contributed by atoms with Gasteiger partial charge in [-0.2, -0.15) is 0 Å². The van der Waals surface area contributed by atoms with Crippen LogP contribution in [0.25, 0.3) is 12.2 Å². The maximum absolute atomic E-state index is 12.2.